The third kappa shape index (κ3) is 32.3. The predicted molar refractivity (Wildman–Crippen MR) is 246 cm³/mol. The van der Waals surface area contributed by atoms with Crippen molar-refractivity contribution in [3.05, 3.63) is 176 Å². The van der Waals surface area contributed by atoms with Crippen molar-refractivity contribution < 1.29 is 264 Å². The van der Waals surface area contributed by atoms with Crippen LogP contribution in [0.2, 0.25) is 0 Å². The fourth-order valence-corrected chi connectivity index (χ4v) is 5.77. The van der Waals surface area contributed by atoms with Crippen LogP contribution in [0.1, 0.15) is 124 Å². The number of carbonyl (C=O) groups is 12. The van der Waals surface area contributed by atoms with Crippen LogP contribution in [0.25, 0.3) is 0 Å². The quantitative estimate of drug-likeness (QED) is 0.0569. The maximum atomic E-state index is 10.9. The van der Waals surface area contributed by atoms with Crippen LogP contribution >= 0.6 is 0 Å². The van der Waals surface area contributed by atoms with Crippen LogP contribution in [-0.4, -0.2) is 104 Å². The number of hydrogen-bond acceptors (Lipinski definition) is 30. The molecule has 0 aliphatic carbocycles. The van der Waals surface area contributed by atoms with Gasteiger partial charge in [-0.05, 0) is 109 Å². The van der Waals surface area contributed by atoms with Gasteiger partial charge in [0, 0.05) is 66.8 Å². The minimum absolute atomic E-state index is 0. The Morgan fingerprint density at radius 2 is 0.250 bits per heavy atom. The Morgan fingerprint density at radius 1 is 0.185 bits per heavy atom. The second kappa shape index (κ2) is 48.4. The van der Waals surface area contributed by atoms with E-state index in [2.05, 4.69) is 30.7 Å². The first-order chi connectivity index (χ1) is 36.5. The minimum Gasteiger partial charge on any atom is -2.00 e. The van der Waals surface area contributed by atoms with Crippen molar-refractivity contribution in [3.63, 3.8) is 0 Å². The van der Waals surface area contributed by atoms with E-state index in [0.717, 1.165) is 109 Å². The van der Waals surface area contributed by atoms with Crippen LogP contribution in [0, 0.1) is 0 Å². The third-order valence-corrected chi connectivity index (χ3v) is 9.18. The molecule has 6 aromatic rings. The SMILES string of the molecule is O.O.O.O.O.O.O=C([O-])c1cc(N=Nc2cc(C(=O)[O-])cc(C(=O)[O-])c2)cc(C(=O)[O-])c1.O=C([O-])c1cc(N=Nc2cc(C(=O)[O-])cc(C(=O)[O-])c2)cc(C(=O)[O-])c1.O=C([O-])c1cc(N=Nc2cc(C(=O)[O-])cc(C(=O)[O-])c2)cc(C(=O)[O-])c1.[Co+2].[Co+2].[Fe+3].[Fe+3].[Fe+3].[Fe+3].[O-2].[O-2]. The normalized spacial score (nSPS) is 9.00. The van der Waals surface area contributed by atoms with Gasteiger partial charge in [0.2, 0.25) is 0 Å². The van der Waals surface area contributed by atoms with Gasteiger partial charge in [-0.15, -0.1) is 0 Å². The Morgan fingerprint density at radius 3 is 0.304 bits per heavy atom. The van der Waals surface area contributed by atoms with Gasteiger partial charge in [0.05, 0.1) is 106 Å². The molecule has 44 heteroatoms. The van der Waals surface area contributed by atoms with Crippen molar-refractivity contribution in [1.29, 1.82) is 0 Å². The molecule has 0 saturated heterocycles. The molecule has 6 aromatic carbocycles. The second-order valence-corrected chi connectivity index (χ2v) is 14.7. The van der Waals surface area contributed by atoms with Gasteiger partial charge < -0.3 is 163 Å². The molecule has 494 valence electrons. The maximum Gasteiger partial charge on any atom is 3.00 e. The molecule has 0 bridgehead atoms. The number of carbonyl (C=O) groups excluding carboxylic acids is 12. The number of rotatable bonds is 18. The average molecular weight is 1540 g/mol. The van der Waals surface area contributed by atoms with Crippen molar-refractivity contribution in [2.75, 3.05) is 0 Å². The van der Waals surface area contributed by atoms with E-state index in [9.17, 15) is 119 Å². The van der Waals surface area contributed by atoms with Crippen LogP contribution in [-0.2, 0) is 113 Å². The molecule has 12 N–H and O–H groups in total. The molecule has 0 unspecified atom stereocenters. The van der Waals surface area contributed by atoms with E-state index in [1.165, 1.54) is 0 Å². The summed E-state index contributed by atoms with van der Waals surface area (Å²) < 4.78 is 0. The van der Waals surface area contributed by atoms with Crippen LogP contribution in [0.4, 0.5) is 34.1 Å². The topological polar surface area (TPSA) is 802 Å². The minimum atomic E-state index is -1.66. The van der Waals surface area contributed by atoms with Gasteiger partial charge >= 0.3 is 102 Å². The van der Waals surface area contributed by atoms with Gasteiger partial charge in [0.25, 0.3) is 0 Å². The molecular weight excluding hydrogens is 1510 g/mol. The van der Waals surface area contributed by atoms with Crippen molar-refractivity contribution in [1.82, 2.24) is 0 Å². The average Bonchev–Trinajstić information content (AvgIpc) is 3.38. The van der Waals surface area contributed by atoms with Gasteiger partial charge in [0.15, 0.2) is 0 Å². The number of benzene rings is 6. The molecule has 6 radical (unpaired) electrons. The summed E-state index contributed by atoms with van der Waals surface area (Å²) in [5.41, 5.74) is -7.34. The number of carboxylic acids is 12. The molecule has 0 aliphatic rings. The molecule has 0 aliphatic heterocycles. The second-order valence-electron chi connectivity index (χ2n) is 14.7. The van der Waals surface area contributed by atoms with Gasteiger partial charge in [-0.1, -0.05) is 0 Å². The monoisotopic (exact) mass is 1540 g/mol. The van der Waals surface area contributed by atoms with E-state index >= 15 is 0 Å². The fourth-order valence-electron chi connectivity index (χ4n) is 5.77. The van der Waals surface area contributed by atoms with Crippen LogP contribution in [0.5, 0.6) is 0 Å². The molecule has 92 heavy (non-hydrogen) atoms. The van der Waals surface area contributed by atoms with Gasteiger partial charge in [-0.3, -0.25) is 0 Å². The summed E-state index contributed by atoms with van der Waals surface area (Å²) in [6.45, 7) is 0. The Kier molecular flexibility index (Phi) is 56.4. The first-order valence-corrected chi connectivity index (χ1v) is 20.2. The van der Waals surface area contributed by atoms with Crippen molar-refractivity contribution >= 4 is 106 Å². The number of aromatic carboxylic acids is 12. The van der Waals surface area contributed by atoms with Crippen molar-refractivity contribution in [3.8, 4) is 0 Å². The zero-order valence-corrected chi connectivity index (χ0v) is 50.3. The van der Waals surface area contributed by atoms with Crippen molar-refractivity contribution in [2.24, 2.45) is 30.7 Å². The molecule has 0 spiro atoms. The molecule has 0 heterocycles. The smallest absolute Gasteiger partial charge is 2.00 e. The van der Waals surface area contributed by atoms with Crippen LogP contribution in [0.3, 0.4) is 0 Å². The first-order valence-electron chi connectivity index (χ1n) is 20.2. The molecule has 0 amide bonds. The summed E-state index contributed by atoms with van der Waals surface area (Å²) in [7, 11) is 0. The molecule has 0 saturated carbocycles. The Balaban J connectivity index is -0.000000110. The van der Waals surface area contributed by atoms with Crippen LogP contribution < -0.4 is 61.3 Å². The Hall–Kier alpha value is -9.47. The standard InChI is InChI=1S/3C16H10N2O8.2Co.4Fe.6H2O.2O/c3*19-13(20)7-1-8(14(21)22)4-11(3-7)17-18-12-5-9(15(23)24)2-10(6-12)16(25)26;;;;;;;;;;;;;;/h3*1-6H,(H,19,20)(H,21,22)(H,23,24)(H,25,26);;;;;;;6*1H2;;/q;;;2*+2;4*+3;;;;;;;2*-2/p-12. The zero-order chi connectivity index (χ0) is 58.3. The third-order valence-electron chi connectivity index (χ3n) is 9.18. The maximum absolute atomic E-state index is 10.9. The Labute approximate surface area is 573 Å². The van der Waals surface area contributed by atoms with E-state index in [0.29, 0.717) is 0 Å². The number of azo groups is 3. The summed E-state index contributed by atoms with van der Waals surface area (Å²) in [5.74, 6) is -20.0. The summed E-state index contributed by atoms with van der Waals surface area (Å²) in [4.78, 5) is 131. The largest absolute Gasteiger partial charge is 3.00 e. The summed E-state index contributed by atoms with van der Waals surface area (Å²) in [5, 5.41) is 152. The molecule has 0 aromatic heterocycles. The van der Waals surface area contributed by atoms with Gasteiger partial charge in [-0.25, -0.2) is 0 Å². The molecule has 0 atom stereocenters. The molecular formula is C48H30Co2Fe4N6O32. The number of carboxylic acid groups (broad SMARTS) is 12. The molecule has 0 fully saturated rings. The number of hydrogen-bond donors (Lipinski definition) is 0. The van der Waals surface area contributed by atoms with E-state index in [1.54, 1.807) is 0 Å². The number of nitrogens with zero attached hydrogens (tertiary/aromatic N) is 6. The zero-order valence-electron chi connectivity index (χ0n) is 43.8. The van der Waals surface area contributed by atoms with Crippen molar-refractivity contribution in [2.45, 2.75) is 0 Å². The summed E-state index contributed by atoms with van der Waals surface area (Å²) in [6, 6.07) is 16.2. The molecule has 6 rings (SSSR count). The summed E-state index contributed by atoms with van der Waals surface area (Å²) >= 11 is 0. The summed E-state index contributed by atoms with van der Waals surface area (Å²) in [6.07, 6.45) is 0. The van der Waals surface area contributed by atoms with Gasteiger partial charge in [0.1, 0.15) is 0 Å². The van der Waals surface area contributed by atoms with Crippen LogP contribution in [0.15, 0.2) is 140 Å². The molecule has 38 nitrogen and oxygen atoms in total. The fraction of sp³-hybridized carbons (Fsp3) is 0. The van der Waals surface area contributed by atoms with E-state index < -0.39 is 138 Å². The van der Waals surface area contributed by atoms with Gasteiger partial charge in [-0.2, -0.15) is 30.7 Å². The Bertz CT molecular complexity index is 2890. The van der Waals surface area contributed by atoms with E-state index in [4.69, 9.17) is 0 Å². The van der Waals surface area contributed by atoms with E-state index in [-0.39, 0.29) is 180 Å². The predicted octanol–water partition coefficient (Wildman–Crippen LogP) is -12.5. The first kappa shape index (κ1) is 107. The van der Waals surface area contributed by atoms with E-state index in [1.807, 2.05) is 0 Å².